The van der Waals surface area contributed by atoms with Crippen LogP contribution in [0.3, 0.4) is 0 Å². The van der Waals surface area contributed by atoms with E-state index in [1.165, 1.54) is 33.3 Å². The van der Waals surface area contributed by atoms with Crippen LogP contribution >= 0.6 is 48.0 Å². The molecule has 0 aliphatic carbocycles. The van der Waals surface area contributed by atoms with Crippen LogP contribution in [0.1, 0.15) is 22.3 Å². The highest BCUT2D eigenvalue weighted by molar-refractivity contribution is 8.27. The first-order valence-corrected chi connectivity index (χ1v) is 12.2. The minimum atomic E-state index is -0.199. The molecule has 0 radical (unpaired) electrons. The quantitative estimate of drug-likeness (QED) is 0.461. The lowest BCUT2D eigenvalue weighted by molar-refractivity contribution is -0.122. The van der Waals surface area contributed by atoms with Crippen molar-refractivity contribution in [3.8, 4) is 11.5 Å². The summed E-state index contributed by atoms with van der Waals surface area (Å²) in [5.41, 5.74) is 2.85. The summed E-state index contributed by atoms with van der Waals surface area (Å²) in [6.45, 7) is 0. The zero-order chi connectivity index (χ0) is 23.9. The molecule has 2 aromatic carbocycles. The summed E-state index contributed by atoms with van der Waals surface area (Å²) < 4.78 is 0.942. The van der Waals surface area contributed by atoms with Gasteiger partial charge in [-0.3, -0.25) is 19.4 Å². The Hall–Kier alpha value is -2.66. The fourth-order valence-corrected chi connectivity index (χ4v) is 5.61. The van der Waals surface area contributed by atoms with Gasteiger partial charge in [-0.2, -0.15) is 0 Å². The molecule has 0 aromatic heterocycles. The van der Waals surface area contributed by atoms with Crippen LogP contribution in [0.15, 0.2) is 46.2 Å². The Morgan fingerprint density at radius 1 is 0.788 bits per heavy atom. The van der Waals surface area contributed by atoms with Crippen LogP contribution in [0.25, 0.3) is 12.2 Å². The predicted molar refractivity (Wildman–Crippen MR) is 141 cm³/mol. The molecule has 0 unspecified atom stereocenters. The summed E-state index contributed by atoms with van der Waals surface area (Å²) in [5, 5.41) is 20.6. The Balaban J connectivity index is 1.60. The smallest absolute Gasteiger partial charge is 0.265 e. The van der Waals surface area contributed by atoms with Crippen LogP contribution in [0.5, 0.6) is 11.5 Å². The molecule has 2 N–H and O–H groups in total. The molecule has 168 valence electrons. The highest BCUT2D eigenvalue weighted by atomic mass is 32.2. The monoisotopic (exact) mass is 514 g/mol. The van der Waals surface area contributed by atoms with Crippen LogP contribution < -0.4 is 0 Å². The maximum Gasteiger partial charge on any atom is 0.265 e. The van der Waals surface area contributed by atoms with Gasteiger partial charge in [-0.1, -0.05) is 60.1 Å². The second-order valence-corrected chi connectivity index (χ2v) is 10.8. The van der Waals surface area contributed by atoms with Crippen LogP contribution in [-0.2, 0) is 16.0 Å². The van der Waals surface area contributed by atoms with Gasteiger partial charge in [0.05, 0.1) is 9.81 Å². The molecule has 33 heavy (non-hydrogen) atoms. The molecule has 2 amide bonds. The van der Waals surface area contributed by atoms with E-state index in [4.69, 9.17) is 24.4 Å². The minimum absolute atomic E-state index is 0.0631. The van der Waals surface area contributed by atoms with Gasteiger partial charge in [-0.15, -0.1) is 0 Å². The molecule has 0 atom stereocenters. The third kappa shape index (κ3) is 4.84. The second kappa shape index (κ2) is 9.30. The van der Waals surface area contributed by atoms with Crippen molar-refractivity contribution in [2.24, 2.45) is 0 Å². The molecule has 2 aliphatic heterocycles. The zero-order valence-corrected chi connectivity index (χ0v) is 20.8. The topological polar surface area (TPSA) is 81.1 Å². The fourth-order valence-electron chi connectivity index (χ4n) is 3.27. The summed E-state index contributed by atoms with van der Waals surface area (Å²) in [7, 11) is 3.24. The molecule has 2 heterocycles. The first-order valence-electron chi connectivity index (χ1n) is 9.71. The van der Waals surface area contributed by atoms with E-state index in [9.17, 15) is 19.8 Å². The van der Waals surface area contributed by atoms with Gasteiger partial charge < -0.3 is 10.2 Å². The third-order valence-electron chi connectivity index (χ3n) is 5.14. The van der Waals surface area contributed by atoms with Gasteiger partial charge in [0.25, 0.3) is 11.8 Å². The number of nitrogens with zero attached hydrogens (tertiary/aromatic N) is 2. The van der Waals surface area contributed by atoms with Crippen LogP contribution in [0.2, 0.25) is 0 Å². The minimum Gasteiger partial charge on any atom is -0.507 e. The maximum atomic E-state index is 12.3. The molecule has 2 fully saturated rings. The Kier molecular flexibility index (Phi) is 6.62. The number of amides is 2. The average molecular weight is 515 g/mol. The van der Waals surface area contributed by atoms with E-state index in [2.05, 4.69) is 0 Å². The number of rotatable bonds is 4. The van der Waals surface area contributed by atoms with Gasteiger partial charge in [0.15, 0.2) is 0 Å². The normalized spacial score (nSPS) is 19.0. The van der Waals surface area contributed by atoms with Gasteiger partial charge in [0.2, 0.25) is 0 Å². The van der Waals surface area contributed by atoms with E-state index < -0.39 is 0 Å². The van der Waals surface area contributed by atoms with Crippen LogP contribution in [0, 0.1) is 0 Å². The highest BCUT2D eigenvalue weighted by Gasteiger charge is 2.29. The molecule has 0 saturated carbocycles. The van der Waals surface area contributed by atoms with E-state index in [0.29, 0.717) is 36.0 Å². The lowest BCUT2D eigenvalue weighted by Gasteiger charge is -2.08. The number of likely N-dealkylation sites (N-methyl/N-ethyl adjacent to an activating group) is 2. The number of aromatic hydroxyl groups is 2. The summed E-state index contributed by atoms with van der Waals surface area (Å²) >= 11 is 12.7. The number of carbonyl (C=O) groups excluding carboxylic acids is 2. The van der Waals surface area contributed by atoms with E-state index in [0.717, 1.165) is 11.1 Å². The summed E-state index contributed by atoms with van der Waals surface area (Å²) in [6, 6.07) is 10.4. The maximum absolute atomic E-state index is 12.3. The summed E-state index contributed by atoms with van der Waals surface area (Å²) in [6.07, 6.45) is 3.79. The highest BCUT2D eigenvalue weighted by Crippen LogP contribution is 2.35. The number of hydrogen-bond acceptors (Lipinski definition) is 8. The van der Waals surface area contributed by atoms with Gasteiger partial charge in [0, 0.05) is 25.2 Å². The first kappa shape index (κ1) is 23.5. The van der Waals surface area contributed by atoms with Crippen molar-refractivity contribution in [3.63, 3.8) is 0 Å². The third-order valence-corrected chi connectivity index (χ3v) is 8.11. The fraction of sp³-hybridized carbons (Fsp3) is 0.130. The molecule has 6 nitrogen and oxygen atoms in total. The van der Waals surface area contributed by atoms with E-state index in [1.807, 2.05) is 12.1 Å². The molecular formula is C23H18N2O4S4. The number of phenols is 2. The van der Waals surface area contributed by atoms with Crippen molar-refractivity contribution in [2.45, 2.75) is 6.42 Å². The van der Waals surface area contributed by atoms with Crippen LogP contribution in [-0.4, -0.2) is 54.6 Å². The molecule has 10 heteroatoms. The van der Waals surface area contributed by atoms with E-state index >= 15 is 0 Å². The Labute approximate surface area is 210 Å². The molecule has 0 bridgehead atoms. The number of phenolic OH excluding ortho intramolecular Hbond substituents is 2. The van der Waals surface area contributed by atoms with Gasteiger partial charge >= 0.3 is 0 Å². The van der Waals surface area contributed by atoms with Gasteiger partial charge in [-0.25, -0.2) is 0 Å². The Morgan fingerprint density at radius 3 is 1.52 bits per heavy atom. The molecular weight excluding hydrogens is 497 g/mol. The van der Waals surface area contributed by atoms with Crippen molar-refractivity contribution in [1.29, 1.82) is 0 Å². The molecule has 4 rings (SSSR count). The molecule has 0 spiro atoms. The van der Waals surface area contributed by atoms with Crippen molar-refractivity contribution in [3.05, 3.63) is 68.5 Å². The SMILES string of the molecule is CN1C(=O)/C(=C/c2cc(Cc3ccc(O)c(/C=C4\SC(=S)N(C)C4=O)c3)ccc2O)SC1=S. The van der Waals surface area contributed by atoms with Gasteiger partial charge in [0.1, 0.15) is 20.1 Å². The number of benzene rings is 2. The average Bonchev–Trinajstić information content (AvgIpc) is 3.16. The lowest BCUT2D eigenvalue weighted by atomic mass is 9.99. The van der Waals surface area contributed by atoms with Gasteiger partial charge in [-0.05, 0) is 54.0 Å². The second-order valence-electron chi connectivity index (χ2n) is 7.44. The zero-order valence-electron chi connectivity index (χ0n) is 17.6. The summed E-state index contributed by atoms with van der Waals surface area (Å²) in [4.78, 5) is 28.3. The van der Waals surface area contributed by atoms with Crippen molar-refractivity contribution in [1.82, 2.24) is 9.80 Å². The standard InChI is InChI=1S/C23H18N2O4S4/c1-24-20(28)18(32-22(24)30)10-14-8-12(3-5-16(14)26)7-13-4-6-17(27)15(9-13)11-19-21(29)25(2)23(31)33-19/h3-6,8-11,26-27H,7H2,1-2H3/b18-10-,19-11-. The molecule has 2 aliphatic rings. The van der Waals surface area contributed by atoms with Crippen LogP contribution in [0.4, 0.5) is 0 Å². The predicted octanol–water partition coefficient (Wildman–Crippen LogP) is 4.35. The Bertz CT molecular complexity index is 1190. The molecule has 2 saturated heterocycles. The number of thiocarbonyl (C=S) groups is 2. The Morgan fingerprint density at radius 2 is 1.18 bits per heavy atom. The molecule has 2 aromatic rings. The first-order chi connectivity index (χ1) is 15.6. The van der Waals surface area contributed by atoms with E-state index in [-0.39, 0.29) is 23.3 Å². The van der Waals surface area contributed by atoms with Crippen molar-refractivity contribution < 1.29 is 19.8 Å². The lowest BCUT2D eigenvalue weighted by Crippen LogP contribution is -2.22. The van der Waals surface area contributed by atoms with Crippen molar-refractivity contribution >= 4 is 80.6 Å². The number of hydrogen-bond donors (Lipinski definition) is 2. The largest absolute Gasteiger partial charge is 0.507 e. The number of carbonyl (C=O) groups is 2. The summed E-state index contributed by atoms with van der Waals surface area (Å²) in [5.74, 6) is -0.271. The number of thioether (sulfide) groups is 2. The van der Waals surface area contributed by atoms with Crippen molar-refractivity contribution in [2.75, 3.05) is 14.1 Å². The van der Waals surface area contributed by atoms with E-state index in [1.54, 1.807) is 50.5 Å².